The molecular formula is C22H14O6. The molecule has 6 heteroatoms. The number of rotatable bonds is 4. The second kappa shape index (κ2) is 6.35. The zero-order valence-corrected chi connectivity index (χ0v) is 14.5. The summed E-state index contributed by atoms with van der Waals surface area (Å²) >= 11 is 0. The minimum Gasteiger partial charge on any atom is -0.478 e. The molecule has 6 nitrogen and oxygen atoms in total. The molecule has 4 rings (SSSR count). The number of carboxylic acids is 2. The Balaban J connectivity index is 2.17. The molecule has 0 saturated heterocycles. The zero-order valence-electron chi connectivity index (χ0n) is 14.5. The van der Waals surface area contributed by atoms with E-state index in [2.05, 4.69) is 0 Å². The van der Waals surface area contributed by atoms with Crippen LogP contribution in [0.1, 0.15) is 15.9 Å². The van der Waals surface area contributed by atoms with Gasteiger partial charge >= 0.3 is 23.5 Å². The van der Waals surface area contributed by atoms with Gasteiger partial charge in [0.05, 0.1) is 5.56 Å². The highest BCUT2D eigenvalue weighted by atomic mass is 16.6. The van der Waals surface area contributed by atoms with Gasteiger partial charge < -0.3 is 14.9 Å². The third kappa shape index (κ3) is 2.39. The van der Waals surface area contributed by atoms with Crippen LogP contribution in [0.25, 0.3) is 22.3 Å². The summed E-state index contributed by atoms with van der Waals surface area (Å²) in [5.74, 6) is -4.49. The lowest BCUT2D eigenvalue weighted by Crippen LogP contribution is -2.44. The fourth-order valence-corrected chi connectivity index (χ4v) is 3.54. The molecule has 1 aliphatic heterocycles. The topological polar surface area (TPSA) is 101 Å². The van der Waals surface area contributed by atoms with E-state index >= 15 is 0 Å². The number of esters is 1. The van der Waals surface area contributed by atoms with Crippen LogP contribution < -0.4 is 0 Å². The van der Waals surface area contributed by atoms with Crippen molar-refractivity contribution in [1.29, 1.82) is 0 Å². The van der Waals surface area contributed by atoms with Crippen molar-refractivity contribution in [3.05, 3.63) is 83.9 Å². The van der Waals surface area contributed by atoms with Gasteiger partial charge in [0.2, 0.25) is 0 Å². The summed E-state index contributed by atoms with van der Waals surface area (Å²) in [5.41, 5.74) is -0.733. The molecule has 0 spiro atoms. The molecule has 0 amide bonds. The van der Waals surface area contributed by atoms with Crippen LogP contribution in [0, 0.1) is 0 Å². The Morgan fingerprint density at radius 1 is 0.714 bits per heavy atom. The van der Waals surface area contributed by atoms with Gasteiger partial charge in [-0.15, -0.1) is 0 Å². The van der Waals surface area contributed by atoms with E-state index < -0.39 is 23.5 Å². The van der Waals surface area contributed by atoms with Crippen LogP contribution in [-0.2, 0) is 19.9 Å². The van der Waals surface area contributed by atoms with Crippen molar-refractivity contribution >= 4 is 17.9 Å². The molecule has 3 aromatic rings. The first-order valence-electron chi connectivity index (χ1n) is 8.45. The van der Waals surface area contributed by atoms with Gasteiger partial charge in [-0.05, 0) is 28.3 Å². The van der Waals surface area contributed by atoms with Gasteiger partial charge in [-0.1, -0.05) is 66.7 Å². The zero-order chi connectivity index (χ0) is 19.9. The number of cyclic esters (lactones) is 1. The van der Waals surface area contributed by atoms with Crippen molar-refractivity contribution < 1.29 is 29.3 Å². The van der Waals surface area contributed by atoms with E-state index in [-0.39, 0.29) is 11.1 Å². The van der Waals surface area contributed by atoms with Crippen LogP contribution in [0.5, 0.6) is 0 Å². The fourth-order valence-electron chi connectivity index (χ4n) is 3.54. The van der Waals surface area contributed by atoms with Crippen molar-refractivity contribution in [2.75, 3.05) is 0 Å². The number of carbonyl (C=O) groups excluding carboxylic acids is 1. The number of carbonyl (C=O) groups is 3. The van der Waals surface area contributed by atoms with Crippen molar-refractivity contribution in [3.63, 3.8) is 0 Å². The van der Waals surface area contributed by atoms with E-state index in [0.29, 0.717) is 16.7 Å². The summed E-state index contributed by atoms with van der Waals surface area (Å²) < 4.78 is 4.96. The highest BCUT2D eigenvalue weighted by Gasteiger charge is 2.60. The third-order valence-electron chi connectivity index (χ3n) is 4.77. The first-order chi connectivity index (χ1) is 13.5. The molecule has 0 bridgehead atoms. The third-order valence-corrected chi connectivity index (χ3v) is 4.77. The molecule has 3 aromatic carbocycles. The fraction of sp³-hybridized carbons (Fsp3) is 0.0455. The van der Waals surface area contributed by atoms with Crippen LogP contribution in [0.15, 0.2) is 72.8 Å². The molecule has 0 aromatic heterocycles. The summed E-state index contributed by atoms with van der Waals surface area (Å²) in [6.07, 6.45) is 0. The van der Waals surface area contributed by atoms with Gasteiger partial charge in [-0.2, -0.15) is 0 Å². The van der Waals surface area contributed by atoms with Crippen molar-refractivity contribution in [2.24, 2.45) is 0 Å². The summed E-state index contributed by atoms with van der Waals surface area (Å²) in [5, 5.41) is 19.5. The Labute approximate surface area is 159 Å². The van der Waals surface area contributed by atoms with Gasteiger partial charge in [-0.25, -0.2) is 14.4 Å². The lowest BCUT2D eigenvalue weighted by molar-refractivity contribution is -0.176. The van der Waals surface area contributed by atoms with Crippen molar-refractivity contribution in [2.45, 2.75) is 5.60 Å². The molecule has 0 unspecified atom stereocenters. The number of aliphatic carboxylic acids is 2. The smallest absolute Gasteiger partial charge is 0.365 e. The predicted molar refractivity (Wildman–Crippen MR) is 99.7 cm³/mol. The Hall–Kier alpha value is -3.93. The van der Waals surface area contributed by atoms with Crippen molar-refractivity contribution in [3.8, 4) is 22.3 Å². The van der Waals surface area contributed by atoms with Gasteiger partial charge in [0.15, 0.2) is 0 Å². The number of hydrogen-bond acceptors (Lipinski definition) is 4. The molecule has 1 heterocycles. The SMILES string of the molecule is O=C1OC(C(=O)O)(C(=O)O)c2c1ccc(-c1ccccc1)c2-c1ccccc1. The van der Waals surface area contributed by atoms with E-state index in [9.17, 15) is 24.6 Å². The van der Waals surface area contributed by atoms with Crippen LogP contribution in [0.2, 0.25) is 0 Å². The first-order valence-corrected chi connectivity index (χ1v) is 8.45. The number of ether oxygens (including phenoxy) is 1. The quantitative estimate of drug-likeness (QED) is 0.535. The minimum atomic E-state index is -2.80. The van der Waals surface area contributed by atoms with Crippen LogP contribution in [0.4, 0.5) is 0 Å². The first kappa shape index (κ1) is 17.5. The summed E-state index contributed by atoms with van der Waals surface area (Å²) in [7, 11) is 0. The summed E-state index contributed by atoms with van der Waals surface area (Å²) in [6.45, 7) is 0. The molecule has 0 radical (unpaired) electrons. The van der Waals surface area contributed by atoms with E-state index in [1.165, 1.54) is 6.07 Å². The maximum atomic E-state index is 12.4. The second-order valence-corrected chi connectivity index (χ2v) is 6.32. The molecule has 0 fully saturated rings. The van der Waals surface area contributed by atoms with Crippen molar-refractivity contribution in [1.82, 2.24) is 0 Å². The Kier molecular flexibility index (Phi) is 3.96. The molecule has 28 heavy (non-hydrogen) atoms. The molecule has 0 atom stereocenters. The largest absolute Gasteiger partial charge is 0.478 e. The van der Waals surface area contributed by atoms with E-state index in [4.69, 9.17) is 4.74 Å². The number of benzene rings is 3. The van der Waals surface area contributed by atoms with Crippen LogP contribution in [-0.4, -0.2) is 28.1 Å². The van der Waals surface area contributed by atoms with E-state index in [0.717, 1.165) is 5.56 Å². The number of hydrogen-bond donors (Lipinski definition) is 2. The summed E-state index contributed by atoms with van der Waals surface area (Å²) in [6, 6.07) is 21.0. The standard InChI is InChI=1S/C22H14O6/c23-19-16-12-11-15(13-7-3-1-4-8-13)17(14-9-5-2-6-10-14)18(16)22(28-19,20(24)25)21(26)27/h1-12H,(H,24,25)(H,26,27). The molecular weight excluding hydrogens is 360 g/mol. The lowest BCUT2D eigenvalue weighted by atomic mass is 9.81. The lowest BCUT2D eigenvalue weighted by Gasteiger charge is -2.23. The molecule has 1 aliphatic rings. The molecule has 0 aliphatic carbocycles. The van der Waals surface area contributed by atoms with Gasteiger partial charge in [0.1, 0.15) is 0 Å². The monoisotopic (exact) mass is 374 g/mol. The Morgan fingerprint density at radius 2 is 1.21 bits per heavy atom. The minimum absolute atomic E-state index is 0.0664. The number of carboxylic acid groups (broad SMARTS) is 2. The molecule has 0 saturated carbocycles. The van der Waals surface area contributed by atoms with Crippen LogP contribution in [0.3, 0.4) is 0 Å². The van der Waals surface area contributed by atoms with E-state index in [1.807, 2.05) is 30.3 Å². The van der Waals surface area contributed by atoms with Gasteiger partial charge in [-0.3, -0.25) is 0 Å². The normalized spacial score (nSPS) is 14.2. The average Bonchev–Trinajstić information content (AvgIpc) is 3.03. The highest BCUT2D eigenvalue weighted by Crippen LogP contribution is 2.47. The Bertz CT molecular complexity index is 1090. The summed E-state index contributed by atoms with van der Waals surface area (Å²) in [4.78, 5) is 36.5. The van der Waals surface area contributed by atoms with E-state index in [1.54, 1.807) is 36.4 Å². The molecule has 138 valence electrons. The predicted octanol–water partition coefficient (Wildman–Crippen LogP) is 3.56. The number of fused-ring (bicyclic) bond motifs is 1. The molecule has 2 N–H and O–H groups in total. The van der Waals surface area contributed by atoms with Crippen LogP contribution >= 0.6 is 0 Å². The maximum absolute atomic E-state index is 12.4. The Morgan fingerprint density at radius 3 is 1.75 bits per heavy atom. The average molecular weight is 374 g/mol. The second-order valence-electron chi connectivity index (χ2n) is 6.32. The van der Waals surface area contributed by atoms with Gasteiger partial charge in [0, 0.05) is 5.56 Å². The highest BCUT2D eigenvalue weighted by molar-refractivity contribution is 6.15. The maximum Gasteiger partial charge on any atom is 0.365 e. The van der Waals surface area contributed by atoms with Gasteiger partial charge in [0.25, 0.3) is 0 Å².